The Morgan fingerprint density at radius 1 is 1.19 bits per heavy atom. The highest BCUT2D eigenvalue weighted by atomic mass is 32.1. The van der Waals surface area contributed by atoms with Crippen molar-refractivity contribution in [1.82, 2.24) is 9.66 Å². The van der Waals surface area contributed by atoms with Crippen LogP contribution in [0.2, 0.25) is 0 Å². The molecule has 0 saturated heterocycles. The van der Waals surface area contributed by atoms with Crippen molar-refractivity contribution in [1.29, 1.82) is 0 Å². The van der Waals surface area contributed by atoms with Gasteiger partial charge < -0.3 is 11.2 Å². The van der Waals surface area contributed by atoms with Gasteiger partial charge in [-0.1, -0.05) is 17.7 Å². The highest BCUT2D eigenvalue weighted by Crippen LogP contribution is 2.27. The van der Waals surface area contributed by atoms with E-state index in [0.29, 0.717) is 16.2 Å². The first-order chi connectivity index (χ1) is 9.97. The molecule has 5 nitrogen and oxygen atoms in total. The number of nitrogen functional groups attached to an aromatic ring is 1. The van der Waals surface area contributed by atoms with Gasteiger partial charge in [-0.2, -0.15) is 4.68 Å². The van der Waals surface area contributed by atoms with Crippen molar-refractivity contribution in [2.45, 2.75) is 20.8 Å². The summed E-state index contributed by atoms with van der Waals surface area (Å²) >= 11 is 1.51. The van der Waals surface area contributed by atoms with Crippen LogP contribution in [0.5, 0.6) is 0 Å². The molecule has 0 atom stereocenters. The summed E-state index contributed by atoms with van der Waals surface area (Å²) in [7, 11) is 0. The van der Waals surface area contributed by atoms with Gasteiger partial charge in [0.1, 0.15) is 4.83 Å². The lowest BCUT2D eigenvalue weighted by molar-refractivity contribution is 0.928. The van der Waals surface area contributed by atoms with E-state index in [9.17, 15) is 4.79 Å². The van der Waals surface area contributed by atoms with Gasteiger partial charge >= 0.3 is 0 Å². The number of fused-ring (bicyclic) bond motifs is 1. The molecule has 0 unspecified atom stereocenters. The van der Waals surface area contributed by atoms with Crippen molar-refractivity contribution in [3.8, 4) is 0 Å². The second-order valence-corrected chi connectivity index (χ2v) is 6.27. The summed E-state index contributed by atoms with van der Waals surface area (Å²) in [6.07, 6.45) is 0. The second kappa shape index (κ2) is 4.89. The van der Waals surface area contributed by atoms with Crippen LogP contribution in [0.1, 0.15) is 16.0 Å². The molecule has 0 amide bonds. The molecular formula is C15H16N4OS. The summed E-state index contributed by atoms with van der Waals surface area (Å²) in [5.74, 6) is 6.23. The van der Waals surface area contributed by atoms with Crippen LogP contribution in [0.15, 0.2) is 29.1 Å². The maximum Gasteiger partial charge on any atom is 0.282 e. The van der Waals surface area contributed by atoms with Crippen molar-refractivity contribution in [2.75, 3.05) is 11.2 Å². The largest absolute Gasteiger partial charge is 0.333 e. The molecule has 3 aromatic rings. The Bertz CT molecular complexity index is 877. The number of nitrogens with zero attached hydrogens (tertiary/aromatic N) is 2. The molecule has 6 heteroatoms. The molecule has 1 aromatic carbocycles. The minimum Gasteiger partial charge on any atom is -0.333 e. The molecule has 0 radical (unpaired) electrons. The fraction of sp³-hybridized carbons (Fsp3) is 0.200. The van der Waals surface area contributed by atoms with Crippen LogP contribution < -0.4 is 16.7 Å². The number of benzene rings is 1. The molecule has 0 bridgehead atoms. The van der Waals surface area contributed by atoms with E-state index in [2.05, 4.69) is 10.3 Å². The summed E-state index contributed by atoms with van der Waals surface area (Å²) in [6.45, 7) is 5.92. The molecular weight excluding hydrogens is 284 g/mol. The average Bonchev–Trinajstić information content (AvgIpc) is 2.73. The molecule has 0 aliphatic carbocycles. The summed E-state index contributed by atoms with van der Waals surface area (Å²) in [4.78, 5) is 18.7. The van der Waals surface area contributed by atoms with E-state index in [1.807, 2.05) is 45.0 Å². The number of hydrogen-bond donors (Lipinski definition) is 2. The monoisotopic (exact) mass is 300 g/mol. The van der Waals surface area contributed by atoms with Crippen LogP contribution in [-0.4, -0.2) is 9.66 Å². The van der Waals surface area contributed by atoms with Gasteiger partial charge in [0.15, 0.2) is 0 Å². The maximum atomic E-state index is 12.4. The van der Waals surface area contributed by atoms with Crippen molar-refractivity contribution < 1.29 is 0 Å². The van der Waals surface area contributed by atoms with E-state index in [1.165, 1.54) is 16.9 Å². The smallest absolute Gasteiger partial charge is 0.282 e. The van der Waals surface area contributed by atoms with Crippen LogP contribution in [0.25, 0.3) is 10.2 Å². The molecule has 0 fully saturated rings. The minimum atomic E-state index is -0.225. The van der Waals surface area contributed by atoms with Crippen molar-refractivity contribution in [2.24, 2.45) is 0 Å². The van der Waals surface area contributed by atoms with Crippen LogP contribution in [0.4, 0.5) is 11.6 Å². The summed E-state index contributed by atoms with van der Waals surface area (Å²) < 4.78 is 1.07. The van der Waals surface area contributed by atoms with Gasteiger partial charge in [0.25, 0.3) is 5.56 Å². The summed E-state index contributed by atoms with van der Waals surface area (Å²) in [5.41, 5.74) is 2.74. The zero-order valence-corrected chi connectivity index (χ0v) is 12.9. The normalized spacial score (nSPS) is 11.0. The Kier molecular flexibility index (Phi) is 3.17. The molecule has 108 valence electrons. The predicted molar refractivity (Wildman–Crippen MR) is 88.0 cm³/mol. The number of aromatic nitrogens is 2. The lowest BCUT2D eigenvalue weighted by Gasteiger charge is -2.10. The van der Waals surface area contributed by atoms with E-state index in [0.717, 1.165) is 20.8 Å². The Hall–Kier alpha value is -2.34. The van der Waals surface area contributed by atoms with Crippen LogP contribution >= 0.6 is 11.3 Å². The van der Waals surface area contributed by atoms with Gasteiger partial charge in [-0.25, -0.2) is 4.98 Å². The van der Waals surface area contributed by atoms with Crippen LogP contribution in [-0.2, 0) is 0 Å². The molecule has 0 saturated carbocycles. The van der Waals surface area contributed by atoms with E-state index >= 15 is 0 Å². The van der Waals surface area contributed by atoms with E-state index in [4.69, 9.17) is 5.84 Å². The van der Waals surface area contributed by atoms with Crippen molar-refractivity contribution in [3.05, 3.63) is 50.6 Å². The van der Waals surface area contributed by atoms with Gasteiger partial charge in [-0.05, 0) is 38.5 Å². The molecule has 2 heterocycles. The first-order valence-electron chi connectivity index (χ1n) is 6.59. The number of anilines is 2. The summed E-state index contributed by atoms with van der Waals surface area (Å²) in [5, 5.41) is 3.70. The third kappa shape index (κ3) is 2.27. The Balaban J connectivity index is 2.13. The lowest BCUT2D eigenvalue weighted by Crippen LogP contribution is -2.30. The molecule has 0 aliphatic rings. The summed E-state index contributed by atoms with van der Waals surface area (Å²) in [6, 6.07) is 7.83. The fourth-order valence-corrected chi connectivity index (χ4v) is 3.18. The van der Waals surface area contributed by atoms with E-state index < -0.39 is 0 Å². The molecule has 2 aromatic heterocycles. The SMILES string of the molecule is Cc1ccc(Nc2nc3sc(C)c(C)c3c(=O)n2N)cc1. The minimum absolute atomic E-state index is 0.225. The highest BCUT2D eigenvalue weighted by molar-refractivity contribution is 7.18. The quantitative estimate of drug-likeness (QED) is 0.714. The first kappa shape index (κ1) is 13.6. The number of rotatable bonds is 2. The molecule has 21 heavy (non-hydrogen) atoms. The number of thiophene rings is 1. The second-order valence-electron chi connectivity index (χ2n) is 5.06. The fourth-order valence-electron chi connectivity index (χ4n) is 2.16. The van der Waals surface area contributed by atoms with Crippen LogP contribution in [0.3, 0.4) is 0 Å². The topological polar surface area (TPSA) is 72.9 Å². The van der Waals surface area contributed by atoms with Gasteiger partial charge in [-0.3, -0.25) is 4.79 Å². The third-order valence-corrected chi connectivity index (χ3v) is 4.64. The molecule has 0 aliphatic heterocycles. The molecule has 3 N–H and O–H groups in total. The van der Waals surface area contributed by atoms with Gasteiger partial charge in [0.05, 0.1) is 5.39 Å². The van der Waals surface area contributed by atoms with E-state index in [-0.39, 0.29) is 5.56 Å². The van der Waals surface area contributed by atoms with Gasteiger partial charge in [-0.15, -0.1) is 11.3 Å². The number of hydrogen-bond acceptors (Lipinski definition) is 5. The molecule has 0 spiro atoms. The maximum absolute atomic E-state index is 12.4. The first-order valence-corrected chi connectivity index (χ1v) is 7.40. The molecule has 3 rings (SSSR count). The van der Waals surface area contributed by atoms with Crippen molar-refractivity contribution >= 4 is 33.2 Å². The standard InChI is InChI=1S/C15H16N4OS/c1-8-4-6-11(7-5-8)17-15-18-13-12(14(20)19(15)16)9(2)10(3)21-13/h4-7H,16H2,1-3H3,(H,17,18). The predicted octanol–water partition coefficient (Wildman–Crippen LogP) is 2.84. The third-order valence-electron chi connectivity index (χ3n) is 3.54. The number of nitrogens with two attached hydrogens (primary N) is 1. The Morgan fingerprint density at radius 2 is 1.86 bits per heavy atom. The number of aryl methyl sites for hydroxylation is 3. The number of nitrogens with one attached hydrogen (secondary N) is 1. The lowest BCUT2D eigenvalue weighted by atomic mass is 10.2. The van der Waals surface area contributed by atoms with E-state index in [1.54, 1.807) is 0 Å². The van der Waals surface area contributed by atoms with Crippen molar-refractivity contribution in [3.63, 3.8) is 0 Å². The zero-order valence-electron chi connectivity index (χ0n) is 12.1. The average molecular weight is 300 g/mol. The van der Waals surface area contributed by atoms with Gasteiger partial charge in [0.2, 0.25) is 5.95 Å². The zero-order chi connectivity index (χ0) is 15.1. The van der Waals surface area contributed by atoms with Gasteiger partial charge in [0, 0.05) is 10.6 Å². The highest BCUT2D eigenvalue weighted by Gasteiger charge is 2.15. The van der Waals surface area contributed by atoms with Crippen LogP contribution in [0, 0.1) is 20.8 Å². The Labute approximate surface area is 126 Å². The Morgan fingerprint density at radius 3 is 2.52 bits per heavy atom.